The number of halogens is 3. The summed E-state index contributed by atoms with van der Waals surface area (Å²) < 4.78 is 49.5. The Labute approximate surface area is 205 Å². The number of hydrogen-bond donors (Lipinski definition) is 1. The van der Waals surface area contributed by atoms with Gasteiger partial charge in [-0.15, -0.1) is 0 Å². The molecule has 10 heteroatoms. The molecule has 1 fully saturated rings. The van der Waals surface area contributed by atoms with E-state index in [0.29, 0.717) is 43.0 Å². The molecule has 1 saturated heterocycles. The van der Waals surface area contributed by atoms with Crippen molar-refractivity contribution >= 4 is 17.4 Å². The first-order valence-electron chi connectivity index (χ1n) is 11.3. The van der Waals surface area contributed by atoms with Crippen molar-refractivity contribution in [1.82, 2.24) is 9.88 Å². The maximum atomic E-state index is 13.9. The first kappa shape index (κ1) is 25.3. The lowest BCUT2D eigenvalue weighted by Gasteiger charge is -2.26. The number of nitrogens with zero attached hydrogens (tertiary/aromatic N) is 2. The second kappa shape index (κ2) is 11.8. The summed E-state index contributed by atoms with van der Waals surface area (Å²) in [6, 6.07) is 14.0. The Morgan fingerprint density at radius 1 is 1.08 bits per heavy atom. The van der Waals surface area contributed by atoms with Gasteiger partial charge in [0.2, 0.25) is 11.9 Å². The van der Waals surface area contributed by atoms with Crippen molar-refractivity contribution in [3.63, 3.8) is 0 Å². The number of ketones is 1. The number of pyridine rings is 1. The number of carbonyl (C=O) groups is 2. The molecule has 1 amide bonds. The standard InChI is InChI=1S/C26H24F3N3O4/c27-25-20(2-1-9-30-25)18-5-3-17(4-6-18)14-22(33)19-7-8-23(36-26(28)29)21(15-19)31-24(34)16-32-10-12-35-13-11-32/h1-9,15,26H,10-14,16H2,(H,31,34). The number of nitrogens with one attached hydrogen (secondary N) is 1. The van der Waals surface area contributed by atoms with E-state index < -0.39 is 18.5 Å². The topological polar surface area (TPSA) is 80.8 Å². The van der Waals surface area contributed by atoms with Gasteiger partial charge in [0.1, 0.15) is 5.75 Å². The molecule has 2 aromatic carbocycles. The number of rotatable bonds is 9. The number of ether oxygens (including phenoxy) is 2. The molecule has 1 aliphatic heterocycles. The van der Waals surface area contributed by atoms with Crippen molar-refractivity contribution in [2.75, 3.05) is 38.2 Å². The number of benzene rings is 2. The molecule has 188 valence electrons. The van der Waals surface area contributed by atoms with Crippen molar-refractivity contribution in [2.24, 2.45) is 0 Å². The van der Waals surface area contributed by atoms with Crippen molar-refractivity contribution in [3.05, 3.63) is 77.9 Å². The van der Waals surface area contributed by atoms with Gasteiger partial charge in [-0.25, -0.2) is 4.98 Å². The molecular weight excluding hydrogens is 475 g/mol. The summed E-state index contributed by atoms with van der Waals surface area (Å²) in [6.07, 6.45) is 1.38. The monoisotopic (exact) mass is 499 g/mol. The quantitative estimate of drug-likeness (QED) is 0.351. The summed E-state index contributed by atoms with van der Waals surface area (Å²) in [5.41, 5.74) is 1.86. The maximum Gasteiger partial charge on any atom is 0.387 e. The van der Waals surface area contributed by atoms with E-state index in [9.17, 15) is 22.8 Å². The Hall–Kier alpha value is -3.76. The van der Waals surface area contributed by atoms with E-state index in [0.717, 1.165) is 0 Å². The molecule has 2 heterocycles. The van der Waals surface area contributed by atoms with E-state index in [4.69, 9.17) is 4.74 Å². The van der Waals surface area contributed by atoms with Crippen LogP contribution in [0.25, 0.3) is 11.1 Å². The fourth-order valence-corrected chi connectivity index (χ4v) is 3.84. The molecule has 0 radical (unpaired) electrons. The number of Topliss-reactive ketones (excluding diaryl/α,β-unsaturated/α-hetero) is 1. The van der Waals surface area contributed by atoms with E-state index in [-0.39, 0.29) is 35.7 Å². The SMILES string of the molecule is O=C(CN1CCOCC1)Nc1cc(C(=O)Cc2ccc(-c3cccnc3F)cc2)ccc1OC(F)F. The summed E-state index contributed by atoms with van der Waals surface area (Å²) in [7, 11) is 0. The lowest BCUT2D eigenvalue weighted by Crippen LogP contribution is -2.41. The third-order valence-electron chi connectivity index (χ3n) is 5.65. The highest BCUT2D eigenvalue weighted by Gasteiger charge is 2.19. The Morgan fingerprint density at radius 3 is 2.53 bits per heavy atom. The average Bonchev–Trinajstić information content (AvgIpc) is 2.86. The average molecular weight is 499 g/mol. The van der Waals surface area contributed by atoms with Gasteiger partial charge in [0.15, 0.2) is 5.78 Å². The molecule has 3 aromatic rings. The number of anilines is 1. The van der Waals surface area contributed by atoms with Crippen LogP contribution in [0.5, 0.6) is 5.75 Å². The zero-order valence-corrected chi connectivity index (χ0v) is 19.3. The van der Waals surface area contributed by atoms with Crippen LogP contribution in [0.2, 0.25) is 0 Å². The van der Waals surface area contributed by atoms with Crippen LogP contribution in [0, 0.1) is 5.95 Å². The minimum Gasteiger partial charge on any atom is -0.433 e. The van der Waals surface area contributed by atoms with Gasteiger partial charge in [0, 0.05) is 36.8 Å². The second-order valence-electron chi connectivity index (χ2n) is 8.16. The number of carbonyl (C=O) groups excluding carboxylic acids is 2. The zero-order chi connectivity index (χ0) is 25.5. The molecule has 4 rings (SSSR count). The van der Waals surface area contributed by atoms with Gasteiger partial charge in [-0.3, -0.25) is 14.5 Å². The fourth-order valence-electron chi connectivity index (χ4n) is 3.84. The summed E-state index contributed by atoms with van der Waals surface area (Å²) >= 11 is 0. The molecule has 0 unspecified atom stereocenters. The molecular formula is C26H24F3N3O4. The van der Waals surface area contributed by atoms with Crippen LogP contribution in [0.15, 0.2) is 60.8 Å². The summed E-state index contributed by atoms with van der Waals surface area (Å²) in [4.78, 5) is 30.9. The normalized spacial score (nSPS) is 14.0. The Balaban J connectivity index is 1.47. The smallest absolute Gasteiger partial charge is 0.387 e. The molecule has 0 atom stereocenters. The summed E-state index contributed by atoms with van der Waals surface area (Å²) in [5.74, 6) is -1.53. The molecule has 1 aromatic heterocycles. The van der Waals surface area contributed by atoms with Gasteiger partial charge in [-0.1, -0.05) is 24.3 Å². The Morgan fingerprint density at radius 2 is 1.83 bits per heavy atom. The predicted octanol–water partition coefficient (Wildman–Crippen LogP) is 4.19. The van der Waals surface area contributed by atoms with Gasteiger partial charge in [-0.05, 0) is 41.5 Å². The van der Waals surface area contributed by atoms with Crippen molar-refractivity contribution in [1.29, 1.82) is 0 Å². The van der Waals surface area contributed by atoms with Crippen LogP contribution in [0.4, 0.5) is 18.9 Å². The molecule has 0 spiro atoms. The van der Waals surface area contributed by atoms with Gasteiger partial charge < -0.3 is 14.8 Å². The lowest BCUT2D eigenvalue weighted by atomic mass is 9.99. The third-order valence-corrected chi connectivity index (χ3v) is 5.65. The number of morpholine rings is 1. The molecule has 1 aliphatic rings. The van der Waals surface area contributed by atoms with Crippen LogP contribution in [-0.4, -0.2) is 61.0 Å². The minimum absolute atomic E-state index is 0.0122. The second-order valence-corrected chi connectivity index (χ2v) is 8.16. The van der Waals surface area contributed by atoms with Gasteiger partial charge in [0.05, 0.1) is 25.4 Å². The zero-order valence-electron chi connectivity index (χ0n) is 19.3. The molecule has 7 nitrogen and oxygen atoms in total. The first-order valence-corrected chi connectivity index (χ1v) is 11.3. The predicted molar refractivity (Wildman–Crippen MR) is 127 cm³/mol. The van der Waals surface area contributed by atoms with Gasteiger partial charge in [-0.2, -0.15) is 13.2 Å². The number of amides is 1. The molecule has 36 heavy (non-hydrogen) atoms. The highest BCUT2D eigenvalue weighted by Crippen LogP contribution is 2.28. The first-order chi connectivity index (χ1) is 17.4. The largest absolute Gasteiger partial charge is 0.433 e. The Bertz CT molecular complexity index is 1220. The maximum absolute atomic E-state index is 13.9. The minimum atomic E-state index is -3.09. The van der Waals surface area contributed by atoms with Crippen molar-refractivity contribution < 1.29 is 32.2 Å². The molecule has 0 bridgehead atoms. The van der Waals surface area contributed by atoms with Crippen LogP contribution in [-0.2, 0) is 16.0 Å². The van der Waals surface area contributed by atoms with E-state index in [2.05, 4.69) is 15.0 Å². The van der Waals surface area contributed by atoms with E-state index in [1.165, 1.54) is 24.4 Å². The highest BCUT2D eigenvalue weighted by molar-refractivity contribution is 6.00. The summed E-state index contributed by atoms with van der Waals surface area (Å²) in [5, 5.41) is 2.58. The van der Waals surface area contributed by atoms with E-state index in [1.807, 2.05) is 4.90 Å². The van der Waals surface area contributed by atoms with Crippen molar-refractivity contribution in [2.45, 2.75) is 13.0 Å². The van der Waals surface area contributed by atoms with E-state index >= 15 is 0 Å². The lowest BCUT2D eigenvalue weighted by molar-refractivity contribution is -0.118. The highest BCUT2D eigenvalue weighted by atomic mass is 19.3. The van der Waals surface area contributed by atoms with Crippen LogP contribution < -0.4 is 10.1 Å². The summed E-state index contributed by atoms with van der Waals surface area (Å²) in [6.45, 7) is -0.856. The molecule has 1 N–H and O–H groups in total. The van der Waals surface area contributed by atoms with Gasteiger partial charge in [0.25, 0.3) is 0 Å². The van der Waals surface area contributed by atoms with E-state index in [1.54, 1.807) is 36.4 Å². The Kier molecular flexibility index (Phi) is 8.29. The molecule has 0 aliphatic carbocycles. The molecule has 0 saturated carbocycles. The number of alkyl halides is 2. The van der Waals surface area contributed by atoms with Crippen molar-refractivity contribution in [3.8, 4) is 16.9 Å². The fraction of sp³-hybridized carbons (Fsp3) is 0.269. The van der Waals surface area contributed by atoms with Crippen LogP contribution in [0.3, 0.4) is 0 Å². The number of aromatic nitrogens is 1. The third kappa shape index (κ3) is 6.67. The van der Waals surface area contributed by atoms with Gasteiger partial charge >= 0.3 is 6.61 Å². The number of hydrogen-bond acceptors (Lipinski definition) is 6. The van der Waals surface area contributed by atoms with Crippen LogP contribution >= 0.6 is 0 Å². The van der Waals surface area contributed by atoms with Crippen LogP contribution in [0.1, 0.15) is 15.9 Å².